The lowest BCUT2D eigenvalue weighted by molar-refractivity contribution is 0.0696. The molecule has 8 heteroatoms. The lowest BCUT2D eigenvalue weighted by atomic mass is 10.1. The lowest BCUT2D eigenvalue weighted by Crippen LogP contribution is -2.15. The number of benzene rings is 2. The molecule has 130 valence electrons. The van der Waals surface area contributed by atoms with Crippen molar-refractivity contribution >= 4 is 39.5 Å². The molecule has 0 unspecified atom stereocenters. The topological polar surface area (TPSA) is 113 Å². The van der Waals surface area contributed by atoms with Crippen molar-refractivity contribution in [3.8, 4) is 5.75 Å². The highest BCUT2D eigenvalue weighted by molar-refractivity contribution is 9.10. The van der Waals surface area contributed by atoms with Gasteiger partial charge in [0.05, 0.1) is 23.3 Å². The van der Waals surface area contributed by atoms with Crippen molar-refractivity contribution in [2.45, 2.75) is 6.92 Å². The Bertz CT molecular complexity index is 817. The standard InChI is InChI=1S/C17H14BrNO6/c1-2-25-14-4-3-11(18)8-13(14)15(20)19-12-6-9(16(21)22)5-10(7-12)17(23)24/h3-8H,2H2,1H3,(H,19,20)(H,21,22)(H,23,24). The molecule has 25 heavy (non-hydrogen) atoms. The summed E-state index contributed by atoms with van der Waals surface area (Å²) in [5.41, 5.74) is -0.192. The van der Waals surface area contributed by atoms with Crippen LogP contribution in [0.25, 0.3) is 0 Å². The SMILES string of the molecule is CCOc1ccc(Br)cc1C(=O)Nc1cc(C(=O)O)cc(C(=O)O)c1. The maximum Gasteiger partial charge on any atom is 0.335 e. The number of nitrogens with one attached hydrogen (secondary N) is 1. The molecule has 7 nitrogen and oxygen atoms in total. The number of carboxylic acids is 2. The number of halogens is 1. The summed E-state index contributed by atoms with van der Waals surface area (Å²) in [6.45, 7) is 2.14. The van der Waals surface area contributed by atoms with E-state index in [4.69, 9.17) is 14.9 Å². The van der Waals surface area contributed by atoms with Crippen LogP contribution in [0, 0.1) is 0 Å². The quantitative estimate of drug-likeness (QED) is 0.675. The van der Waals surface area contributed by atoms with Gasteiger partial charge in [0.1, 0.15) is 5.75 Å². The van der Waals surface area contributed by atoms with Gasteiger partial charge in [-0.1, -0.05) is 15.9 Å². The molecule has 0 radical (unpaired) electrons. The van der Waals surface area contributed by atoms with E-state index in [0.29, 0.717) is 16.8 Å². The van der Waals surface area contributed by atoms with Crippen LogP contribution in [0.4, 0.5) is 5.69 Å². The van der Waals surface area contributed by atoms with Crippen molar-refractivity contribution in [2.24, 2.45) is 0 Å². The fourth-order valence-electron chi connectivity index (χ4n) is 2.11. The van der Waals surface area contributed by atoms with E-state index in [1.807, 2.05) is 0 Å². The number of rotatable bonds is 6. The van der Waals surface area contributed by atoms with E-state index in [1.54, 1.807) is 25.1 Å². The van der Waals surface area contributed by atoms with Gasteiger partial charge in [-0.15, -0.1) is 0 Å². The Labute approximate surface area is 151 Å². The maximum absolute atomic E-state index is 12.5. The highest BCUT2D eigenvalue weighted by Gasteiger charge is 2.16. The Morgan fingerprint density at radius 2 is 1.64 bits per heavy atom. The molecule has 0 fully saturated rings. The minimum absolute atomic E-state index is 0.0599. The summed E-state index contributed by atoms with van der Waals surface area (Å²) in [5.74, 6) is -2.79. The molecule has 0 aromatic heterocycles. The molecule has 0 aliphatic rings. The Morgan fingerprint density at radius 1 is 1.04 bits per heavy atom. The van der Waals surface area contributed by atoms with Crippen LogP contribution in [0.1, 0.15) is 38.0 Å². The number of carboxylic acid groups (broad SMARTS) is 2. The smallest absolute Gasteiger partial charge is 0.335 e. The van der Waals surface area contributed by atoms with Gasteiger partial charge in [0.25, 0.3) is 5.91 Å². The average Bonchev–Trinajstić information content (AvgIpc) is 2.56. The van der Waals surface area contributed by atoms with E-state index >= 15 is 0 Å². The van der Waals surface area contributed by atoms with E-state index in [1.165, 1.54) is 12.1 Å². The highest BCUT2D eigenvalue weighted by atomic mass is 79.9. The third kappa shape index (κ3) is 4.57. The second-order valence-electron chi connectivity index (χ2n) is 4.94. The van der Waals surface area contributed by atoms with Gasteiger partial charge < -0.3 is 20.3 Å². The van der Waals surface area contributed by atoms with Crippen LogP contribution >= 0.6 is 15.9 Å². The zero-order valence-electron chi connectivity index (χ0n) is 13.1. The molecule has 0 atom stereocenters. The van der Waals surface area contributed by atoms with Gasteiger partial charge in [-0.2, -0.15) is 0 Å². The number of carbonyl (C=O) groups is 3. The minimum Gasteiger partial charge on any atom is -0.493 e. The van der Waals surface area contributed by atoms with Crippen molar-refractivity contribution < 1.29 is 29.3 Å². The van der Waals surface area contributed by atoms with Crippen molar-refractivity contribution in [2.75, 3.05) is 11.9 Å². The predicted molar refractivity (Wildman–Crippen MR) is 93.6 cm³/mol. The summed E-state index contributed by atoms with van der Waals surface area (Å²) in [6.07, 6.45) is 0. The summed E-state index contributed by atoms with van der Waals surface area (Å²) in [6, 6.07) is 8.29. The number of anilines is 1. The third-order valence-corrected chi connectivity index (χ3v) is 3.66. The van der Waals surface area contributed by atoms with Crippen LogP contribution in [-0.2, 0) is 0 Å². The van der Waals surface area contributed by atoms with E-state index < -0.39 is 17.8 Å². The van der Waals surface area contributed by atoms with Crippen LogP contribution < -0.4 is 10.1 Å². The molecule has 0 bridgehead atoms. The molecule has 2 rings (SSSR count). The van der Waals surface area contributed by atoms with Crippen molar-refractivity contribution in [1.82, 2.24) is 0 Å². The number of carbonyl (C=O) groups excluding carboxylic acids is 1. The first-order chi connectivity index (χ1) is 11.8. The van der Waals surface area contributed by atoms with Crippen molar-refractivity contribution in [3.63, 3.8) is 0 Å². The van der Waals surface area contributed by atoms with E-state index in [0.717, 1.165) is 6.07 Å². The van der Waals surface area contributed by atoms with E-state index in [2.05, 4.69) is 21.2 Å². The predicted octanol–water partition coefficient (Wildman–Crippen LogP) is 3.50. The zero-order valence-corrected chi connectivity index (χ0v) is 14.7. The second kappa shape index (κ2) is 7.80. The van der Waals surface area contributed by atoms with Crippen LogP contribution in [0.3, 0.4) is 0 Å². The van der Waals surface area contributed by atoms with Crippen LogP contribution in [0.5, 0.6) is 5.75 Å². The van der Waals surface area contributed by atoms with Crippen LogP contribution in [-0.4, -0.2) is 34.7 Å². The van der Waals surface area contributed by atoms with Crippen molar-refractivity contribution in [1.29, 1.82) is 0 Å². The number of ether oxygens (including phenoxy) is 1. The van der Waals surface area contributed by atoms with E-state index in [-0.39, 0.29) is 22.4 Å². The summed E-state index contributed by atoms with van der Waals surface area (Å²) < 4.78 is 6.06. The molecule has 0 spiro atoms. The zero-order chi connectivity index (χ0) is 18.6. The molecule has 2 aromatic carbocycles. The Balaban J connectivity index is 2.39. The highest BCUT2D eigenvalue weighted by Crippen LogP contribution is 2.25. The van der Waals surface area contributed by atoms with Gasteiger partial charge >= 0.3 is 11.9 Å². The number of amides is 1. The van der Waals surface area contributed by atoms with Gasteiger partial charge in [0.2, 0.25) is 0 Å². The molecule has 0 heterocycles. The molecule has 0 saturated heterocycles. The molecule has 0 saturated carbocycles. The number of aromatic carboxylic acids is 2. The first-order valence-electron chi connectivity index (χ1n) is 7.17. The summed E-state index contributed by atoms with van der Waals surface area (Å²) in [4.78, 5) is 34.8. The van der Waals surface area contributed by atoms with Crippen LogP contribution in [0.15, 0.2) is 40.9 Å². The lowest BCUT2D eigenvalue weighted by Gasteiger charge is -2.12. The average molecular weight is 408 g/mol. The fourth-order valence-corrected chi connectivity index (χ4v) is 2.47. The Kier molecular flexibility index (Phi) is 5.76. The molecule has 0 aliphatic heterocycles. The summed E-state index contributed by atoms with van der Waals surface area (Å²) in [5, 5.41) is 20.7. The third-order valence-electron chi connectivity index (χ3n) is 3.17. The largest absolute Gasteiger partial charge is 0.493 e. The Hall–Kier alpha value is -2.87. The molecule has 1 amide bonds. The van der Waals surface area contributed by atoms with Gasteiger partial charge in [-0.3, -0.25) is 4.79 Å². The number of hydrogen-bond acceptors (Lipinski definition) is 4. The second-order valence-corrected chi connectivity index (χ2v) is 5.85. The van der Waals surface area contributed by atoms with Gasteiger partial charge in [-0.05, 0) is 43.3 Å². The first-order valence-corrected chi connectivity index (χ1v) is 7.96. The molecule has 0 aliphatic carbocycles. The van der Waals surface area contributed by atoms with E-state index in [9.17, 15) is 14.4 Å². The van der Waals surface area contributed by atoms with Crippen molar-refractivity contribution in [3.05, 3.63) is 57.6 Å². The van der Waals surface area contributed by atoms with Gasteiger partial charge in [-0.25, -0.2) is 9.59 Å². The monoisotopic (exact) mass is 407 g/mol. The molecule has 3 N–H and O–H groups in total. The van der Waals surface area contributed by atoms with Crippen LogP contribution in [0.2, 0.25) is 0 Å². The van der Waals surface area contributed by atoms with Gasteiger partial charge in [0.15, 0.2) is 0 Å². The number of hydrogen-bond donors (Lipinski definition) is 3. The summed E-state index contributed by atoms with van der Waals surface area (Å²) in [7, 11) is 0. The minimum atomic E-state index is -1.30. The first kappa shape index (κ1) is 18.5. The molecular formula is C17H14BrNO6. The molecule has 2 aromatic rings. The molecular weight excluding hydrogens is 394 g/mol. The fraction of sp³-hybridized carbons (Fsp3) is 0.118. The normalized spacial score (nSPS) is 10.2. The maximum atomic E-state index is 12.5. The Morgan fingerprint density at radius 3 is 2.16 bits per heavy atom. The van der Waals surface area contributed by atoms with Gasteiger partial charge in [0, 0.05) is 10.2 Å². The summed E-state index contributed by atoms with van der Waals surface area (Å²) >= 11 is 3.27.